The van der Waals surface area contributed by atoms with Crippen LogP contribution in [0.5, 0.6) is 0 Å². The van der Waals surface area contributed by atoms with E-state index in [1.807, 2.05) is 0 Å². The first kappa shape index (κ1) is 9.42. The van der Waals surface area contributed by atoms with Crippen molar-refractivity contribution in [1.29, 1.82) is 0 Å². The minimum Gasteiger partial charge on any atom is -0.292 e. The number of benzene rings is 1. The lowest BCUT2D eigenvalue weighted by atomic mass is 10.2. The van der Waals surface area contributed by atoms with Crippen LogP contribution in [-0.2, 0) is 0 Å². The molecule has 0 atom stereocenters. The number of H-pyrrole nitrogens is 1. The first-order valence-electron chi connectivity index (χ1n) is 3.68. The molecule has 1 heterocycles. The maximum atomic E-state index is 13.2. The molecule has 0 amide bonds. The third kappa shape index (κ3) is 1.58. The summed E-state index contributed by atoms with van der Waals surface area (Å²) in [4.78, 5) is 3.80. The van der Waals surface area contributed by atoms with Crippen LogP contribution in [0.25, 0.3) is 11.4 Å². The molecule has 0 bridgehead atoms. The van der Waals surface area contributed by atoms with Crippen LogP contribution in [0, 0.1) is 15.6 Å². The second-order valence-corrected chi connectivity index (χ2v) is 3.97. The van der Waals surface area contributed by atoms with Gasteiger partial charge in [-0.05, 0) is 35.9 Å². The van der Waals surface area contributed by atoms with E-state index in [1.165, 1.54) is 18.2 Å². The minimum atomic E-state index is -0.651. The maximum absolute atomic E-state index is 13.2. The lowest BCUT2D eigenvalue weighted by Crippen LogP contribution is -1.90. The monoisotopic (exact) mass is 230 g/mol. The molecule has 2 nitrogen and oxygen atoms in total. The van der Waals surface area contributed by atoms with Gasteiger partial charge in [-0.3, -0.25) is 4.37 Å². The molecule has 0 aliphatic heterocycles. The van der Waals surface area contributed by atoms with Crippen molar-refractivity contribution in [2.45, 2.75) is 0 Å². The normalized spacial score (nSPS) is 10.4. The molecule has 1 aromatic carbocycles. The average molecular weight is 230 g/mol. The third-order valence-corrected chi connectivity index (χ3v) is 2.54. The van der Waals surface area contributed by atoms with E-state index in [1.54, 1.807) is 0 Å². The summed E-state index contributed by atoms with van der Waals surface area (Å²) in [5.41, 5.74) is -0.167. The molecule has 72 valence electrons. The van der Waals surface area contributed by atoms with Gasteiger partial charge in [-0.15, -0.1) is 0 Å². The molecule has 1 aromatic heterocycles. The third-order valence-electron chi connectivity index (χ3n) is 1.64. The second kappa shape index (κ2) is 3.55. The Morgan fingerprint density at radius 2 is 1.93 bits per heavy atom. The molecule has 14 heavy (non-hydrogen) atoms. The zero-order valence-corrected chi connectivity index (χ0v) is 8.38. The summed E-state index contributed by atoms with van der Waals surface area (Å²) in [6, 6.07) is 3.65. The smallest absolute Gasteiger partial charge is 0.198 e. The van der Waals surface area contributed by atoms with Gasteiger partial charge < -0.3 is 0 Å². The molecular weight excluding hydrogens is 226 g/mol. The van der Waals surface area contributed by atoms with Crippen LogP contribution in [0.2, 0.25) is 0 Å². The van der Waals surface area contributed by atoms with Crippen LogP contribution in [0.4, 0.5) is 8.78 Å². The average Bonchev–Trinajstić information content (AvgIpc) is 2.51. The molecule has 0 saturated carbocycles. The van der Waals surface area contributed by atoms with Crippen molar-refractivity contribution < 1.29 is 8.78 Å². The highest BCUT2D eigenvalue weighted by molar-refractivity contribution is 7.73. The minimum absolute atomic E-state index is 0.135. The van der Waals surface area contributed by atoms with Crippen molar-refractivity contribution >= 4 is 23.8 Å². The van der Waals surface area contributed by atoms with E-state index in [4.69, 9.17) is 12.2 Å². The van der Waals surface area contributed by atoms with Gasteiger partial charge in [-0.25, -0.2) is 13.8 Å². The number of aromatic amines is 1. The fraction of sp³-hybridized carbons (Fsp3) is 0. The second-order valence-electron chi connectivity index (χ2n) is 2.53. The summed E-state index contributed by atoms with van der Waals surface area (Å²) in [7, 11) is 0. The fourth-order valence-corrected chi connectivity index (χ4v) is 1.74. The van der Waals surface area contributed by atoms with E-state index in [0.29, 0.717) is 3.95 Å². The lowest BCUT2D eigenvalue weighted by molar-refractivity contribution is 0.588. The highest BCUT2D eigenvalue weighted by Gasteiger charge is 2.13. The Hall–Kier alpha value is -1.14. The number of hydrogen-bond donors (Lipinski definition) is 1. The number of halogens is 2. The van der Waals surface area contributed by atoms with E-state index in [0.717, 1.165) is 11.5 Å². The molecule has 1 N–H and O–H groups in total. The van der Waals surface area contributed by atoms with E-state index >= 15 is 0 Å². The number of nitrogens with zero attached hydrogens (tertiary/aromatic N) is 1. The summed E-state index contributed by atoms with van der Waals surface area (Å²) in [6.45, 7) is 0. The summed E-state index contributed by atoms with van der Waals surface area (Å²) < 4.78 is 29.4. The first-order valence-corrected chi connectivity index (χ1v) is 4.91. The molecule has 0 unspecified atom stereocenters. The van der Waals surface area contributed by atoms with Gasteiger partial charge in [0.25, 0.3) is 0 Å². The Balaban J connectivity index is 2.67. The van der Waals surface area contributed by atoms with E-state index in [-0.39, 0.29) is 11.4 Å². The molecule has 0 aliphatic carbocycles. The van der Waals surface area contributed by atoms with E-state index in [2.05, 4.69) is 9.36 Å². The summed E-state index contributed by atoms with van der Waals surface area (Å²) in [6.07, 6.45) is 0. The molecule has 0 spiro atoms. The van der Waals surface area contributed by atoms with Crippen molar-refractivity contribution in [2.24, 2.45) is 0 Å². The standard InChI is InChI=1S/C8H4F2N2S2/c9-4-2-1-3-5(10)6(4)7-11-8(13)14-12-7/h1-3H,(H,11,12,13). The van der Waals surface area contributed by atoms with Crippen LogP contribution in [0.1, 0.15) is 0 Å². The van der Waals surface area contributed by atoms with Gasteiger partial charge >= 0.3 is 0 Å². The summed E-state index contributed by atoms with van der Waals surface area (Å²) in [5.74, 6) is -1.17. The van der Waals surface area contributed by atoms with Gasteiger partial charge in [0.2, 0.25) is 0 Å². The molecule has 6 heteroatoms. The Kier molecular flexibility index (Phi) is 2.39. The largest absolute Gasteiger partial charge is 0.292 e. The van der Waals surface area contributed by atoms with Crippen LogP contribution in [-0.4, -0.2) is 9.36 Å². The lowest BCUT2D eigenvalue weighted by Gasteiger charge is -1.99. The Morgan fingerprint density at radius 1 is 1.29 bits per heavy atom. The van der Waals surface area contributed by atoms with Crippen molar-refractivity contribution in [3.8, 4) is 11.4 Å². The van der Waals surface area contributed by atoms with Crippen molar-refractivity contribution in [3.63, 3.8) is 0 Å². The van der Waals surface area contributed by atoms with Crippen LogP contribution in [0.15, 0.2) is 18.2 Å². The molecule has 0 aliphatic rings. The predicted octanol–water partition coefficient (Wildman–Crippen LogP) is 3.15. The van der Waals surface area contributed by atoms with Crippen molar-refractivity contribution in [2.75, 3.05) is 0 Å². The fourth-order valence-electron chi connectivity index (χ4n) is 1.06. The number of nitrogens with one attached hydrogen (secondary N) is 1. The van der Waals surface area contributed by atoms with Gasteiger partial charge in [-0.1, -0.05) is 6.07 Å². The number of rotatable bonds is 1. The quantitative estimate of drug-likeness (QED) is 0.762. The molecule has 0 fully saturated rings. The van der Waals surface area contributed by atoms with Crippen molar-refractivity contribution in [3.05, 3.63) is 33.8 Å². The van der Waals surface area contributed by atoms with Gasteiger partial charge in [0.1, 0.15) is 11.6 Å². The van der Waals surface area contributed by atoms with Gasteiger partial charge in [-0.2, -0.15) is 0 Å². The molecule has 2 rings (SSSR count). The number of hydrogen-bond acceptors (Lipinski definition) is 3. The van der Waals surface area contributed by atoms with Crippen LogP contribution >= 0.6 is 23.8 Å². The van der Waals surface area contributed by atoms with Crippen molar-refractivity contribution in [1.82, 2.24) is 9.36 Å². The molecule has 0 radical (unpaired) electrons. The first-order chi connectivity index (χ1) is 6.68. The maximum Gasteiger partial charge on any atom is 0.198 e. The van der Waals surface area contributed by atoms with Gasteiger partial charge in [0, 0.05) is 0 Å². The summed E-state index contributed by atoms with van der Waals surface area (Å²) >= 11 is 5.81. The number of aromatic nitrogens is 2. The molecule has 0 saturated heterocycles. The topological polar surface area (TPSA) is 28.7 Å². The van der Waals surface area contributed by atoms with Gasteiger partial charge in [0.15, 0.2) is 9.78 Å². The Labute approximate surface area is 87.4 Å². The zero-order valence-electron chi connectivity index (χ0n) is 6.75. The molecule has 2 aromatic rings. The summed E-state index contributed by atoms with van der Waals surface area (Å²) in [5, 5.41) is 0. The van der Waals surface area contributed by atoms with E-state index < -0.39 is 11.6 Å². The SMILES string of the molecule is Fc1cccc(F)c1-c1nc(=S)s[nH]1. The highest BCUT2D eigenvalue weighted by atomic mass is 32.2. The predicted molar refractivity (Wildman–Crippen MR) is 52.7 cm³/mol. The molecular formula is C8H4F2N2S2. The van der Waals surface area contributed by atoms with Crippen LogP contribution in [0.3, 0.4) is 0 Å². The van der Waals surface area contributed by atoms with Crippen LogP contribution < -0.4 is 0 Å². The van der Waals surface area contributed by atoms with Gasteiger partial charge in [0.05, 0.1) is 5.56 Å². The highest BCUT2D eigenvalue weighted by Crippen LogP contribution is 2.23. The Bertz CT molecular complexity index is 498. The zero-order chi connectivity index (χ0) is 10.1. The van der Waals surface area contributed by atoms with E-state index in [9.17, 15) is 8.78 Å². The Morgan fingerprint density at radius 3 is 2.43 bits per heavy atom.